The van der Waals surface area contributed by atoms with Crippen LogP contribution >= 0.6 is 0 Å². The minimum absolute atomic E-state index is 0.379. The van der Waals surface area contributed by atoms with Gasteiger partial charge in [-0.1, -0.05) is 29.3 Å². The van der Waals surface area contributed by atoms with E-state index < -0.39 is 0 Å². The molecule has 1 atom stereocenters. The molecule has 132 valence electrons. The Balaban J connectivity index is 1.61. The van der Waals surface area contributed by atoms with Gasteiger partial charge in [0.2, 0.25) is 0 Å². The van der Waals surface area contributed by atoms with E-state index in [1.807, 2.05) is 0 Å². The number of benzene rings is 1. The van der Waals surface area contributed by atoms with E-state index in [1.165, 1.54) is 29.5 Å². The average Bonchev–Trinajstić information content (AvgIpc) is 3.16. The Morgan fingerprint density at radius 1 is 1.25 bits per heavy atom. The molecule has 0 aliphatic carbocycles. The zero-order valence-corrected chi connectivity index (χ0v) is 15.4. The van der Waals surface area contributed by atoms with Crippen LogP contribution in [0.1, 0.15) is 36.5 Å². The largest absolute Gasteiger partial charge is 0.381 e. The summed E-state index contributed by atoms with van der Waals surface area (Å²) < 4.78 is 5.64. The molecule has 1 unspecified atom stereocenters. The van der Waals surface area contributed by atoms with E-state index in [9.17, 15) is 0 Å². The highest BCUT2D eigenvalue weighted by atomic mass is 16.5. The van der Waals surface area contributed by atoms with Gasteiger partial charge in [-0.05, 0) is 45.6 Å². The van der Waals surface area contributed by atoms with Gasteiger partial charge in [-0.3, -0.25) is 4.99 Å². The topological polar surface area (TPSA) is 36.9 Å². The third-order valence-corrected chi connectivity index (χ3v) is 5.20. The number of ether oxygens (including phenoxy) is 1. The fourth-order valence-corrected chi connectivity index (χ4v) is 4.02. The lowest BCUT2D eigenvalue weighted by atomic mass is 9.87. The number of hydrogen-bond acceptors (Lipinski definition) is 2. The highest BCUT2D eigenvalue weighted by Gasteiger charge is 2.42. The van der Waals surface area contributed by atoms with E-state index in [2.05, 4.69) is 49.2 Å². The molecule has 4 heteroatoms. The quantitative estimate of drug-likeness (QED) is 0.682. The van der Waals surface area contributed by atoms with Crippen molar-refractivity contribution in [2.75, 3.05) is 39.4 Å². The summed E-state index contributed by atoms with van der Waals surface area (Å²) in [6, 6.07) is 6.77. The summed E-state index contributed by atoms with van der Waals surface area (Å²) in [5.74, 6) is 1.07. The molecule has 3 rings (SSSR count). The van der Waals surface area contributed by atoms with E-state index >= 15 is 0 Å². The highest BCUT2D eigenvalue weighted by molar-refractivity contribution is 5.80. The number of nitrogens with one attached hydrogen (secondary N) is 1. The third-order valence-electron chi connectivity index (χ3n) is 5.20. The lowest BCUT2D eigenvalue weighted by Gasteiger charge is -2.25. The predicted molar refractivity (Wildman–Crippen MR) is 99.7 cm³/mol. The first kappa shape index (κ1) is 17.3. The van der Waals surface area contributed by atoms with Crippen LogP contribution in [0.2, 0.25) is 0 Å². The molecular formula is C20H31N3O. The minimum Gasteiger partial charge on any atom is -0.381 e. The van der Waals surface area contributed by atoms with E-state index in [1.54, 1.807) is 0 Å². The Hall–Kier alpha value is -1.55. The second-order valence-electron chi connectivity index (χ2n) is 7.46. The van der Waals surface area contributed by atoms with E-state index in [-0.39, 0.29) is 0 Å². The maximum absolute atomic E-state index is 5.64. The van der Waals surface area contributed by atoms with Crippen molar-refractivity contribution < 1.29 is 4.74 Å². The van der Waals surface area contributed by atoms with Crippen LogP contribution in [0.25, 0.3) is 0 Å². The molecule has 1 aromatic rings. The smallest absolute Gasteiger partial charge is 0.193 e. The Kier molecular flexibility index (Phi) is 5.44. The molecule has 0 radical (unpaired) electrons. The second-order valence-corrected chi connectivity index (χ2v) is 7.46. The van der Waals surface area contributed by atoms with E-state index in [4.69, 9.17) is 9.73 Å². The first-order valence-electron chi connectivity index (χ1n) is 9.28. The van der Waals surface area contributed by atoms with Gasteiger partial charge in [0, 0.05) is 38.2 Å². The lowest BCUT2D eigenvalue weighted by Crippen LogP contribution is -2.41. The molecule has 24 heavy (non-hydrogen) atoms. The van der Waals surface area contributed by atoms with Gasteiger partial charge >= 0.3 is 0 Å². The van der Waals surface area contributed by atoms with Gasteiger partial charge in [-0.25, -0.2) is 0 Å². The number of likely N-dealkylation sites (tertiary alicyclic amines) is 1. The molecule has 2 heterocycles. The van der Waals surface area contributed by atoms with Crippen LogP contribution in [0.5, 0.6) is 0 Å². The van der Waals surface area contributed by atoms with Crippen molar-refractivity contribution in [3.63, 3.8) is 0 Å². The van der Waals surface area contributed by atoms with Crippen molar-refractivity contribution in [3.05, 3.63) is 34.9 Å². The molecule has 2 aliphatic rings. The van der Waals surface area contributed by atoms with Crippen LogP contribution in [-0.4, -0.2) is 50.3 Å². The molecular weight excluding hydrogens is 298 g/mol. The fourth-order valence-electron chi connectivity index (χ4n) is 4.02. The average molecular weight is 329 g/mol. The molecule has 1 aromatic carbocycles. The lowest BCUT2D eigenvalue weighted by molar-refractivity contribution is 0.156. The van der Waals surface area contributed by atoms with Crippen LogP contribution in [0.15, 0.2) is 23.2 Å². The third kappa shape index (κ3) is 4.10. The number of hydrogen-bond donors (Lipinski definition) is 1. The Morgan fingerprint density at radius 3 is 2.71 bits per heavy atom. The van der Waals surface area contributed by atoms with Gasteiger partial charge in [-0.2, -0.15) is 0 Å². The zero-order chi connectivity index (χ0) is 17.0. The van der Waals surface area contributed by atoms with Crippen molar-refractivity contribution in [2.24, 2.45) is 10.4 Å². The van der Waals surface area contributed by atoms with Gasteiger partial charge in [0.15, 0.2) is 5.96 Å². The number of rotatable bonds is 4. The highest BCUT2D eigenvalue weighted by Crippen LogP contribution is 2.38. The standard InChI is InChI=1S/C20H31N3O/c1-4-21-19(23-9-6-20(14-23)7-10-24-15-20)22-8-5-18-12-16(2)11-17(3)13-18/h11-13H,4-10,14-15H2,1-3H3,(H,21,22). The van der Waals surface area contributed by atoms with Crippen molar-refractivity contribution in [1.29, 1.82) is 0 Å². The molecule has 2 fully saturated rings. The number of aliphatic imine (C=N–C) groups is 1. The summed E-state index contributed by atoms with van der Waals surface area (Å²) >= 11 is 0. The molecule has 1 spiro atoms. The van der Waals surface area contributed by atoms with Crippen LogP contribution in [0.3, 0.4) is 0 Å². The van der Waals surface area contributed by atoms with Gasteiger partial charge in [0.25, 0.3) is 0 Å². The van der Waals surface area contributed by atoms with Gasteiger partial charge < -0.3 is 15.0 Å². The van der Waals surface area contributed by atoms with Crippen molar-refractivity contribution in [1.82, 2.24) is 10.2 Å². The maximum Gasteiger partial charge on any atom is 0.193 e. The zero-order valence-electron chi connectivity index (χ0n) is 15.4. The van der Waals surface area contributed by atoms with Gasteiger partial charge in [0.05, 0.1) is 6.61 Å². The predicted octanol–water partition coefficient (Wildman–Crippen LogP) is 2.92. The molecule has 2 saturated heterocycles. The Labute approximate surface area is 146 Å². The van der Waals surface area contributed by atoms with Crippen LogP contribution in [0.4, 0.5) is 0 Å². The molecule has 0 aromatic heterocycles. The van der Waals surface area contributed by atoms with Crippen LogP contribution in [0, 0.1) is 19.3 Å². The van der Waals surface area contributed by atoms with Gasteiger partial charge in [0.1, 0.15) is 0 Å². The Morgan fingerprint density at radius 2 is 2.04 bits per heavy atom. The minimum atomic E-state index is 0.379. The maximum atomic E-state index is 5.64. The van der Waals surface area contributed by atoms with Crippen LogP contribution in [-0.2, 0) is 11.2 Å². The molecule has 2 aliphatic heterocycles. The summed E-state index contributed by atoms with van der Waals surface area (Å²) in [5.41, 5.74) is 4.44. The Bertz CT molecular complexity index is 570. The normalized spacial score (nSPS) is 24.1. The molecule has 0 amide bonds. The number of nitrogens with zero attached hydrogens (tertiary/aromatic N) is 2. The SMILES string of the molecule is CCNC(=NCCc1cc(C)cc(C)c1)N1CCC2(CCOC2)C1. The summed E-state index contributed by atoms with van der Waals surface area (Å²) in [4.78, 5) is 7.33. The summed E-state index contributed by atoms with van der Waals surface area (Å²) in [7, 11) is 0. The molecule has 1 N–H and O–H groups in total. The van der Waals surface area contributed by atoms with E-state index in [0.717, 1.165) is 51.8 Å². The fraction of sp³-hybridized carbons (Fsp3) is 0.650. The molecule has 0 saturated carbocycles. The van der Waals surface area contributed by atoms with Crippen molar-refractivity contribution >= 4 is 5.96 Å². The van der Waals surface area contributed by atoms with Crippen molar-refractivity contribution in [3.8, 4) is 0 Å². The molecule has 0 bridgehead atoms. The van der Waals surface area contributed by atoms with Gasteiger partial charge in [-0.15, -0.1) is 0 Å². The summed E-state index contributed by atoms with van der Waals surface area (Å²) in [6.07, 6.45) is 3.43. The number of aryl methyl sites for hydroxylation is 2. The molecule has 4 nitrogen and oxygen atoms in total. The van der Waals surface area contributed by atoms with E-state index in [0.29, 0.717) is 5.41 Å². The van der Waals surface area contributed by atoms with Crippen LogP contribution < -0.4 is 5.32 Å². The monoisotopic (exact) mass is 329 g/mol. The number of guanidine groups is 1. The first-order valence-corrected chi connectivity index (χ1v) is 9.28. The van der Waals surface area contributed by atoms with Crippen molar-refractivity contribution in [2.45, 2.75) is 40.0 Å². The summed E-state index contributed by atoms with van der Waals surface area (Å²) in [5, 5.41) is 3.48. The first-order chi connectivity index (χ1) is 11.6. The second kappa shape index (κ2) is 7.56. The summed E-state index contributed by atoms with van der Waals surface area (Å²) in [6.45, 7) is 12.3.